The van der Waals surface area contributed by atoms with Gasteiger partial charge in [-0.2, -0.15) is 0 Å². The lowest BCUT2D eigenvalue weighted by Gasteiger charge is -2.17. The number of hydrogen-bond donors (Lipinski definition) is 1. The van der Waals surface area contributed by atoms with Crippen molar-refractivity contribution < 1.29 is 0 Å². The predicted octanol–water partition coefficient (Wildman–Crippen LogP) is 5.03. The summed E-state index contributed by atoms with van der Waals surface area (Å²) < 4.78 is 0. The van der Waals surface area contributed by atoms with E-state index in [-0.39, 0.29) is 0 Å². The highest BCUT2D eigenvalue weighted by atomic mass is 32.2. The first-order valence-electron chi connectivity index (χ1n) is 5.77. The van der Waals surface area contributed by atoms with Crippen molar-refractivity contribution in [3.63, 3.8) is 0 Å². The van der Waals surface area contributed by atoms with Gasteiger partial charge in [0.05, 0.1) is 6.04 Å². The third-order valence-electron chi connectivity index (χ3n) is 2.71. The lowest BCUT2D eigenvalue weighted by atomic mass is 10.1. The number of benzene rings is 1. The Balaban J connectivity index is 2.13. The summed E-state index contributed by atoms with van der Waals surface area (Å²) in [4.78, 5) is 2.71. The van der Waals surface area contributed by atoms with E-state index in [2.05, 4.69) is 60.3 Å². The summed E-state index contributed by atoms with van der Waals surface area (Å²) in [5.41, 5.74) is 1.21. The van der Waals surface area contributed by atoms with Gasteiger partial charge in [-0.15, -0.1) is 23.1 Å². The Morgan fingerprint density at radius 2 is 2.18 bits per heavy atom. The number of hydrogen-bond acceptors (Lipinski definition) is 3. The second kappa shape index (κ2) is 6.12. The fraction of sp³-hybridized carbons (Fsp3) is 0.286. The minimum Gasteiger partial charge on any atom is -0.377 e. The summed E-state index contributed by atoms with van der Waals surface area (Å²) in [6.45, 7) is 2.22. The van der Waals surface area contributed by atoms with Crippen LogP contribution in [0.5, 0.6) is 0 Å². The van der Waals surface area contributed by atoms with Gasteiger partial charge in [0, 0.05) is 15.5 Å². The molecule has 1 N–H and O–H groups in total. The van der Waals surface area contributed by atoms with Crippen LogP contribution in [0.4, 0.5) is 5.69 Å². The van der Waals surface area contributed by atoms with E-state index in [0.29, 0.717) is 6.04 Å². The molecule has 0 saturated heterocycles. The zero-order chi connectivity index (χ0) is 12.1. The standard InChI is InChI=1S/C14H17NS2/c1-3-13(14-8-5-9-17-14)15-11-6-4-7-12(10-11)16-2/h4-10,13,15H,3H2,1-2H3. The lowest BCUT2D eigenvalue weighted by molar-refractivity contribution is 0.763. The molecule has 1 unspecified atom stereocenters. The highest BCUT2D eigenvalue weighted by Crippen LogP contribution is 2.27. The Kier molecular flexibility index (Phi) is 4.51. The summed E-state index contributed by atoms with van der Waals surface area (Å²) in [5, 5.41) is 5.74. The molecule has 0 amide bonds. The second-order valence-electron chi connectivity index (χ2n) is 3.85. The van der Waals surface area contributed by atoms with Crippen LogP contribution >= 0.6 is 23.1 Å². The van der Waals surface area contributed by atoms with Crippen LogP contribution in [0, 0.1) is 0 Å². The van der Waals surface area contributed by atoms with Gasteiger partial charge in [-0.05, 0) is 42.3 Å². The molecule has 1 atom stereocenters. The maximum absolute atomic E-state index is 3.60. The van der Waals surface area contributed by atoms with E-state index in [1.807, 2.05) is 11.3 Å². The van der Waals surface area contributed by atoms with Crippen LogP contribution in [-0.2, 0) is 0 Å². The van der Waals surface area contributed by atoms with E-state index in [4.69, 9.17) is 0 Å². The van der Waals surface area contributed by atoms with Crippen LogP contribution in [0.1, 0.15) is 24.3 Å². The minimum absolute atomic E-state index is 0.423. The number of thioether (sulfide) groups is 1. The highest BCUT2D eigenvalue weighted by Gasteiger charge is 2.09. The fourth-order valence-corrected chi connectivity index (χ4v) is 3.10. The fourth-order valence-electron chi connectivity index (χ4n) is 1.78. The van der Waals surface area contributed by atoms with Gasteiger partial charge in [-0.3, -0.25) is 0 Å². The van der Waals surface area contributed by atoms with Crippen molar-refractivity contribution in [1.82, 2.24) is 0 Å². The molecule has 2 rings (SSSR count). The molecule has 0 fully saturated rings. The molecular weight excluding hydrogens is 246 g/mol. The molecule has 0 bridgehead atoms. The minimum atomic E-state index is 0.423. The van der Waals surface area contributed by atoms with Crippen molar-refractivity contribution in [2.45, 2.75) is 24.3 Å². The molecule has 17 heavy (non-hydrogen) atoms. The van der Waals surface area contributed by atoms with Gasteiger partial charge in [0.15, 0.2) is 0 Å². The molecule has 0 aliphatic heterocycles. The lowest BCUT2D eigenvalue weighted by Crippen LogP contribution is -2.07. The van der Waals surface area contributed by atoms with Crippen LogP contribution < -0.4 is 5.32 Å². The molecule has 0 saturated carbocycles. The van der Waals surface area contributed by atoms with E-state index in [0.717, 1.165) is 6.42 Å². The SMILES string of the molecule is CCC(Nc1cccc(SC)c1)c1cccs1. The van der Waals surface area contributed by atoms with Gasteiger partial charge in [0.1, 0.15) is 0 Å². The Hall–Kier alpha value is -0.930. The molecule has 0 radical (unpaired) electrons. The monoisotopic (exact) mass is 263 g/mol. The van der Waals surface area contributed by atoms with Crippen molar-refractivity contribution in [1.29, 1.82) is 0 Å². The normalized spacial score (nSPS) is 12.4. The molecule has 1 aromatic heterocycles. The first kappa shape index (κ1) is 12.5. The molecule has 1 heterocycles. The summed E-state index contributed by atoms with van der Waals surface area (Å²) in [5.74, 6) is 0. The van der Waals surface area contributed by atoms with Crippen molar-refractivity contribution in [3.05, 3.63) is 46.7 Å². The Morgan fingerprint density at radius 3 is 2.82 bits per heavy atom. The van der Waals surface area contributed by atoms with Gasteiger partial charge in [0.25, 0.3) is 0 Å². The predicted molar refractivity (Wildman–Crippen MR) is 79.2 cm³/mol. The van der Waals surface area contributed by atoms with Crippen molar-refractivity contribution in [3.8, 4) is 0 Å². The topological polar surface area (TPSA) is 12.0 Å². The molecule has 0 aliphatic rings. The van der Waals surface area contributed by atoms with Gasteiger partial charge in [-0.1, -0.05) is 19.1 Å². The van der Waals surface area contributed by atoms with Crippen molar-refractivity contribution in [2.75, 3.05) is 11.6 Å². The van der Waals surface area contributed by atoms with Gasteiger partial charge in [-0.25, -0.2) is 0 Å². The number of anilines is 1. The maximum Gasteiger partial charge on any atom is 0.0604 e. The third kappa shape index (κ3) is 3.27. The summed E-state index contributed by atoms with van der Waals surface area (Å²) in [7, 11) is 0. The zero-order valence-corrected chi connectivity index (χ0v) is 11.8. The Bertz CT molecular complexity index is 451. The molecule has 1 nitrogen and oxygen atoms in total. The molecule has 2 aromatic rings. The van der Waals surface area contributed by atoms with Crippen molar-refractivity contribution >= 4 is 28.8 Å². The number of thiophene rings is 1. The smallest absolute Gasteiger partial charge is 0.0604 e. The van der Waals surface area contributed by atoms with E-state index in [9.17, 15) is 0 Å². The quantitative estimate of drug-likeness (QED) is 0.759. The first-order valence-corrected chi connectivity index (χ1v) is 7.88. The summed E-state index contributed by atoms with van der Waals surface area (Å²) >= 11 is 3.59. The number of rotatable bonds is 5. The molecular formula is C14H17NS2. The Labute approximate surface area is 111 Å². The average Bonchev–Trinajstić information content (AvgIpc) is 2.90. The summed E-state index contributed by atoms with van der Waals surface area (Å²) in [6, 6.07) is 13.3. The molecule has 90 valence electrons. The molecule has 0 spiro atoms. The van der Waals surface area contributed by atoms with E-state index in [1.54, 1.807) is 11.8 Å². The molecule has 3 heteroatoms. The molecule has 1 aromatic carbocycles. The van der Waals surface area contributed by atoms with Crippen LogP contribution in [0.3, 0.4) is 0 Å². The highest BCUT2D eigenvalue weighted by molar-refractivity contribution is 7.98. The van der Waals surface area contributed by atoms with Gasteiger partial charge >= 0.3 is 0 Å². The van der Waals surface area contributed by atoms with Crippen molar-refractivity contribution in [2.24, 2.45) is 0 Å². The van der Waals surface area contributed by atoms with Crippen LogP contribution in [0.15, 0.2) is 46.7 Å². The van der Waals surface area contributed by atoms with Crippen LogP contribution in [-0.4, -0.2) is 6.26 Å². The van der Waals surface area contributed by atoms with Gasteiger partial charge in [0.2, 0.25) is 0 Å². The molecule has 0 aliphatic carbocycles. The zero-order valence-electron chi connectivity index (χ0n) is 10.1. The number of nitrogens with one attached hydrogen (secondary N) is 1. The van der Waals surface area contributed by atoms with Gasteiger partial charge < -0.3 is 5.32 Å². The van der Waals surface area contributed by atoms with Crippen LogP contribution in [0.25, 0.3) is 0 Å². The van der Waals surface area contributed by atoms with E-state index < -0.39 is 0 Å². The maximum atomic E-state index is 3.60. The third-order valence-corrected chi connectivity index (χ3v) is 4.42. The Morgan fingerprint density at radius 1 is 1.29 bits per heavy atom. The first-order chi connectivity index (χ1) is 8.33. The largest absolute Gasteiger partial charge is 0.377 e. The average molecular weight is 263 g/mol. The van der Waals surface area contributed by atoms with Crippen LogP contribution in [0.2, 0.25) is 0 Å². The van der Waals surface area contributed by atoms with E-state index >= 15 is 0 Å². The summed E-state index contributed by atoms with van der Waals surface area (Å²) in [6.07, 6.45) is 3.21. The van der Waals surface area contributed by atoms with E-state index in [1.165, 1.54) is 15.5 Å². The second-order valence-corrected chi connectivity index (χ2v) is 5.71.